The van der Waals surface area contributed by atoms with E-state index in [1.807, 2.05) is 6.08 Å². The van der Waals surface area contributed by atoms with Crippen LogP contribution in [0.5, 0.6) is 0 Å². The van der Waals surface area contributed by atoms with Crippen LogP contribution in [0.4, 0.5) is 0 Å². The average molecular weight is 472 g/mol. The topological polar surface area (TPSA) is 0 Å². The zero-order chi connectivity index (χ0) is 7.56. The number of hydrogen-bond donors (Lipinski definition) is 0. The van der Waals surface area contributed by atoms with Gasteiger partial charge in [0.25, 0.3) is 0 Å². The molecule has 0 saturated carbocycles. The van der Waals surface area contributed by atoms with Gasteiger partial charge in [0.2, 0.25) is 0 Å². The molecular weight excluding hydrogens is 465 g/mol. The first-order valence-corrected chi connectivity index (χ1v) is 7.27. The number of halogens is 2. The zero-order valence-corrected chi connectivity index (χ0v) is 11.9. The first-order chi connectivity index (χ1) is 4.74. The van der Waals surface area contributed by atoms with Gasteiger partial charge in [0.05, 0.1) is 0 Å². The number of allylic oxidation sites excluding steroid dienone is 1. The van der Waals surface area contributed by atoms with E-state index in [-0.39, 0.29) is 20.4 Å². The second-order valence-corrected chi connectivity index (χ2v) is 11.6. The first kappa shape index (κ1) is 9.56. The molecule has 0 aliphatic heterocycles. The van der Waals surface area contributed by atoms with Crippen molar-refractivity contribution >= 4 is 65.6 Å². The Morgan fingerprint density at radius 1 is 1.60 bits per heavy atom. The van der Waals surface area contributed by atoms with Crippen LogP contribution in [0.3, 0.4) is 0 Å². The third kappa shape index (κ3) is 2.50. The summed E-state index contributed by atoms with van der Waals surface area (Å²) in [6.07, 6.45) is 3.03. The normalized spacial score (nSPS) is 9.80. The third-order valence-corrected chi connectivity index (χ3v) is 7.20. The van der Waals surface area contributed by atoms with Gasteiger partial charge in [-0.25, -0.2) is 0 Å². The van der Waals surface area contributed by atoms with Crippen LogP contribution in [0, 0.1) is 3.17 Å². The Balaban J connectivity index is 2.91. The van der Waals surface area contributed by atoms with Crippen molar-refractivity contribution in [3.8, 4) is 0 Å². The van der Waals surface area contributed by atoms with E-state index in [2.05, 4.69) is 57.8 Å². The predicted octanol–water partition coefficient (Wildman–Crippen LogP) is 2.68. The summed E-state index contributed by atoms with van der Waals surface area (Å²) in [5, 5.41) is 0. The van der Waals surface area contributed by atoms with Crippen molar-refractivity contribution in [2.24, 2.45) is 0 Å². The van der Waals surface area contributed by atoms with Gasteiger partial charge in [-0.1, -0.05) is 0 Å². The van der Waals surface area contributed by atoms with Gasteiger partial charge in [0, 0.05) is 0 Å². The Labute approximate surface area is 98.0 Å². The molecule has 0 fully saturated rings. The molecule has 0 nitrogen and oxygen atoms in total. The van der Waals surface area contributed by atoms with Crippen LogP contribution in [-0.4, -0.2) is 20.4 Å². The predicted molar refractivity (Wildman–Crippen MR) is 62.7 cm³/mol. The monoisotopic (exact) mass is 474 g/mol. The molecule has 1 aromatic heterocycles. The Hall–Kier alpha value is 1.47. The second-order valence-electron chi connectivity index (χ2n) is 1.84. The molecule has 0 aromatic carbocycles. The van der Waals surface area contributed by atoms with Crippen molar-refractivity contribution in [1.29, 1.82) is 0 Å². The van der Waals surface area contributed by atoms with Crippen molar-refractivity contribution in [2.45, 2.75) is 6.42 Å². The van der Waals surface area contributed by atoms with Crippen LogP contribution in [0.1, 0.15) is 5.56 Å². The summed E-state index contributed by atoms with van der Waals surface area (Å²) in [6, 6.07) is 2.31. The fourth-order valence-electron chi connectivity index (χ4n) is 0.669. The van der Waals surface area contributed by atoms with Gasteiger partial charge in [-0.2, -0.15) is 0 Å². The molecule has 0 aliphatic carbocycles. The Morgan fingerprint density at radius 2 is 2.30 bits per heavy atom. The van der Waals surface area contributed by atoms with Crippen LogP contribution in [-0.2, 0) is 6.42 Å². The molecule has 0 aliphatic rings. The Kier molecular flexibility index (Phi) is 4.29. The van der Waals surface area contributed by atoms with E-state index in [1.54, 1.807) is 3.17 Å². The Bertz CT molecular complexity index is 240. The van der Waals surface area contributed by atoms with Crippen molar-refractivity contribution < 1.29 is 0 Å². The molecule has 0 saturated heterocycles. The van der Waals surface area contributed by atoms with Gasteiger partial charge >= 0.3 is 99.5 Å². The maximum atomic E-state index is 3.73. The zero-order valence-electron chi connectivity index (χ0n) is 5.23. The molecule has 0 amide bonds. The third-order valence-electron chi connectivity index (χ3n) is 1.09. The van der Waals surface area contributed by atoms with Crippen LogP contribution in [0.25, 0.3) is 0 Å². The molecular formula is C7H6I2Te. The molecule has 0 unspecified atom stereocenters. The molecule has 0 N–H and O–H groups in total. The summed E-state index contributed by atoms with van der Waals surface area (Å²) in [4.78, 5) is 0. The maximum absolute atomic E-state index is 3.73. The first-order valence-electron chi connectivity index (χ1n) is 2.78. The van der Waals surface area contributed by atoms with Crippen molar-refractivity contribution in [1.82, 2.24) is 0 Å². The van der Waals surface area contributed by atoms with E-state index < -0.39 is 0 Å². The van der Waals surface area contributed by atoms with Gasteiger partial charge < -0.3 is 0 Å². The van der Waals surface area contributed by atoms with Crippen molar-refractivity contribution in [3.05, 3.63) is 27.5 Å². The molecule has 0 spiro atoms. The van der Waals surface area contributed by atoms with E-state index in [0.29, 0.717) is 0 Å². The van der Waals surface area contributed by atoms with E-state index in [9.17, 15) is 0 Å². The molecule has 0 radical (unpaired) electrons. The minimum atomic E-state index is 0.0643. The van der Waals surface area contributed by atoms with Crippen molar-refractivity contribution in [2.75, 3.05) is 0 Å². The molecule has 1 aromatic rings. The van der Waals surface area contributed by atoms with E-state index in [0.717, 1.165) is 6.42 Å². The van der Waals surface area contributed by atoms with E-state index >= 15 is 0 Å². The number of rotatable bonds is 2. The quantitative estimate of drug-likeness (QED) is 0.354. The van der Waals surface area contributed by atoms with Gasteiger partial charge in [-0.3, -0.25) is 0 Å². The van der Waals surface area contributed by atoms with E-state index in [1.165, 1.54) is 5.56 Å². The van der Waals surface area contributed by atoms with Crippen LogP contribution in [0.2, 0.25) is 0 Å². The summed E-state index contributed by atoms with van der Waals surface area (Å²) in [7, 11) is 0. The molecule has 1 rings (SSSR count). The standard InChI is InChI=1S/C7H6I2Te/c1-2-3-5-4-6(8)10-7(5)9/h2,4H,1,3H2. The number of hydrogen-bond acceptors (Lipinski definition) is 0. The van der Waals surface area contributed by atoms with Gasteiger partial charge in [0.15, 0.2) is 0 Å². The summed E-state index contributed by atoms with van der Waals surface area (Å²) in [5.74, 6) is 0. The van der Waals surface area contributed by atoms with Crippen LogP contribution >= 0.6 is 45.2 Å². The molecule has 0 atom stereocenters. The fraction of sp³-hybridized carbons (Fsp3) is 0.143. The van der Waals surface area contributed by atoms with Gasteiger partial charge in [0.1, 0.15) is 0 Å². The van der Waals surface area contributed by atoms with Gasteiger partial charge in [-0.05, 0) is 0 Å². The summed E-state index contributed by atoms with van der Waals surface area (Å²) in [6.45, 7) is 3.73. The molecule has 54 valence electrons. The molecule has 0 bridgehead atoms. The van der Waals surface area contributed by atoms with Crippen molar-refractivity contribution in [3.63, 3.8) is 0 Å². The minimum absolute atomic E-state index is 0.0643. The summed E-state index contributed by atoms with van der Waals surface area (Å²) in [5.41, 5.74) is 1.50. The Morgan fingerprint density at radius 3 is 2.70 bits per heavy atom. The fourth-order valence-corrected chi connectivity index (χ4v) is 9.16. The second kappa shape index (κ2) is 4.48. The summed E-state index contributed by atoms with van der Waals surface area (Å²) >= 11 is 4.97. The van der Waals surface area contributed by atoms with Crippen LogP contribution in [0.15, 0.2) is 18.7 Å². The van der Waals surface area contributed by atoms with E-state index in [4.69, 9.17) is 0 Å². The SMILES string of the molecule is C=CCc1cc(I)[te]c1I. The summed E-state index contributed by atoms with van der Waals surface area (Å²) < 4.78 is 3.18. The molecule has 1 heterocycles. The molecule has 3 heteroatoms. The molecule has 10 heavy (non-hydrogen) atoms. The van der Waals surface area contributed by atoms with Crippen LogP contribution < -0.4 is 0 Å². The van der Waals surface area contributed by atoms with Gasteiger partial charge in [-0.15, -0.1) is 0 Å². The average Bonchev–Trinajstić information content (AvgIpc) is 2.13.